The Morgan fingerprint density at radius 1 is 1.00 bits per heavy atom. The van der Waals surface area contributed by atoms with E-state index in [0.29, 0.717) is 22.9 Å². The van der Waals surface area contributed by atoms with E-state index < -0.39 is 0 Å². The molecule has 0 heterocycles. The van der Waals surface area contributed by atoms with E-state index in [9.17, 15) is 4.79 Å². The monoisotopic (exact) mass is 337 g/mol. The molecule has 0 amide bonds. The highest BCUT2D eigenvalue weighted by molar-refractivity contribution is 5.90. The third kappa shape index (κ3) is 5.54. The summed E-state index contributed by atoms with van der Waals surface area (Å²) in [4.78, 5) is 11.3. The van der Waals surface area contributed by atoms with E-state index in [1.807, 2.05) is 12.1 Å². The van der Waals surface area contributed by atoms with Crippen LogP contribution >= 0.6 is 0 Å². The number of ether oxygens (including phenoxy) is 2. The second kappa shape index (κ2) is 8.93. The predicted octanol–water partition coefficient (Wildman–Crippen LogP) is 2.85. The molecule has 0 bridgehead atoms. The van der Waals surface area contributed by atoms with Gasteiger partial charge in [-0.1, -0.05) is 0 Å². The molecule has 0 unspecified atom stereocenters. The Morgan fingerprint density at radius 3 is 2.12 bits per heavy atom. The molecular formula is C19H19N3O3. The number of nitrogens with two attached hydrogens (primary N) is 2. The quantitative estimate of drug-likeness (QED) is 0.506. The fourth-order valence-corrected chi connectivity index (χ4v) is 1.95. The highest BCUT2D eigenvalue weighted by Crippen LogP contribution is 2.25. The molecule has 2 rings (SSSR count). The van der Waals surface area contributed by atoms with Crippen LogP contribution in [0.4, 0.5) is 0 Å². The zero-order valence-electron chi connectivity index (χ0n) is 13.5. The van der Waals surface area contributed by atoms with Crippen molar-refractivity contribution in [2.24, 2.45) is 11.5 Å². The van der Waals surface area contributed by atoms with Gasteiger partial charge in [0.05, 0.1) is 0 Å². The number of hydrogen-bond acceptors (Lipinski definition) is 6. The van der Waals surface area contributed by atoms with E-state index in [0.717, 1.165) is 11.8 Å². The van der Waals surface area contributed by atoms with Crippen molar-refractivity contribution in [3.8, 4) is 17.2 Å². The number of benzene rings is 2. The molecule has 6 heteroatoms. The minimum atomic E-state index is -0.209. The molecule has 0 aliphatic heterocycles. The van der Waals surface area contributed by atoms with Crippen molar-refractivity contribution in [3.63, 3.8) is 0 Å². The van der Waals surface area contributed by atoms with Crippen LogP contribution in [0.15, 0.2) is 66.9 Å². The highest BCUT2D eigenvalue weighted by Gasteiger charge is 2.02. The first-order valence-corrected chi connectivity index (χ1v) is 7.51. The first kappa shape index (κ1) is 17.8. The Labute approximate surface area is 145 Å². The first-order chi connectivity index (χ1) is 12.1. The summed E-state index contributed by atoms with van der Waals surface area (Å²) in [6, 6.07) is 14.1. The summed E-state index contributed by atoms with van der Waals surface area (Å²) in [5.41, 5.74) is 12.3. The summed E-state index contributed by atoms with van der Waals surface area (Å²) in [5, 5.41) is 7.02. The van der Waals surface area contributed by atoms with Crippen molar-refractivity contribution in [1.29, 1.82) is 5.41 Å². The second-order valence-electron chi connectivity index (χ2n) is 5.00. The molecule has 128 valence electrons. The first-order valence-electron chi connectivity index (χ1n) is 7.51. The zero-order chi connectivity index (χ0) is 18.1. The van der Waals surface area contributed by atoms with Crippen molar-refractivity contribution < 1.29 is 14.3 Å². The van der Waals surface area contributed by atoms with Gasteiger partial charge in [0.2, 0.25) is 0 Å². The van der Waals surface area contributed by atoms with Crippen LogP contribution in [0.2, 0.25) is 0 Å². The Bertz CT molecular complexity index is 779. The molecule has 0 saturated heterocycles. The van der Waals surface area contributed by atoms with Crippen molar-refractivity contribution in [2.45, 2.75) is 0 Å². The van der Waals surface area contributed by atoms with Gasteiger partial charge in [-0.05, 0) is 66.4 Å². The number of carbonyl (C=O) groups excluding carboxylic acids is 1. The minimum absolute atomic E-state index is 0.0694. The maximum atomic E-state index is 11.3. The third-order valence-electron chi connectivity index (χ3n) is 3.17. The molecule has 0 spiro atoms. The predicted molar refractivity (Wildman–Crippen MR) is 97.7 cm³/mol. The van der Waals surface area contributed by atoms with Gasteiger partial charge in [0.1, 0.15) is 17.2 Å². The standard InChI is InChI=1S/C19H19N3O3/c20-11-9-15(23)13-24-16-5-7-18(8-6-16)25-17-3-1-14(2-4-17)19(22)10-12-21/h1-12,21H,13,20,22H2/b11-9?,19-10-,21-12?. The molecule has 0 aliphatic rings. The Hall–Kier alpha value is -3.54. The van der Waals surface area contributed by atoms with Crippen LogP contribution in [-0.4, -0.2) is 18.6 Å². The van der Waals surface area contributed by atoms with Gasteiger partial charge in [-0.25, -0.2) is 0 Å². The molecule has 0 aliphatic carbocycles. The van der Waals surface area contributed by atoms with Crippen LogP contribution in [0, 0.1) is 5.41 Å². The maximum absolute atomic E-state index is 11.3. The molecule has 2 aromatic rings. The summed E-state index contributed by atoms with van der Waals surface area (Å²) >= 11 is 0. The van der Waals surface area contributed by atoms with Gasteiger partial charge in [-0.3, -0.25) is 4.79 Å². The van der Waals surface area contributed by atoms with Crippen LogP contribution in [0.1, 0.15) is 5.56 Å². The van der Waals surface area contributed by atoms with Gasteiger partial charge >= 0.3 is 0 Å². The van der Waals surface area contributed by atoms with E-state index >= 15 is 0 Å². The molecular weight excluding hydrogens is 318 g/mol. The van der Waals surface area contributed by atoms with Gasteiger partial charge < -0.3 is 26.4 Å². The van der Waals surface area contributed by atoms with Crippen LogP contribution in [0.3, 0.4) is 0 Å². The highest BCUT2D eigenvalue weighted by atomic mass is 16.5. The third-order valence-corrected chi connectivity index (χ3v) is 3.17. The number of ketones is 1. The molecule has 6 nitrogen and oxygen atoms in total. The van der Waals surface area contributed by atoms with E-state index in [-0.39, 0.29) is 12.4 Å². The number of rotatable bonds is 8. The van der Waals surface area contributed by atoms with Gasteiger partial charge in [-0.2, -0.15) is 0 Å². The summed E-state index contributed by atoms with van der Waals surface area (Å²) < 4.78 is 11.1. The lowest BCUT2D eigenvalue weighted by Crippen LogP contribution is -2.08. The molecule has 0 saturated carbocycles. The molecule has 0 fully saturated rings. The summed E-state index contributed by atoms with van der Waals surface area (Å²) in [5.74, 6) is 1.64. The van der Waals surface area contributed by atoms with Gasteiger partial charge in [0.25, 0.3) is 0 Å². The summed E-state index contributed by atoms with van der Waals surface area (Å²) in [6.45, 7) is -0.0694. The molecule has 5 N–H and O–H groups in total. The molecule has 25 heavy (non-hydrogen) atoms. The number of allylic oxidation sites excluding steroid dienone is 1. The Morgan fingerprint density at radius 2 is 1.56 bits per heavy atom. The molecule has 0 aromatic heterocycles. The zero-order valence-corrected chi connectivity index (χ0v) is 13.5. The van der Waals surface area contributed by atoms with Crippen molar-refractivity contribution >= 4 is 17.7 Å². The van der Waals surface area contributed by atoms with Gasteiger partial charge in [0, 0.05) is 18.0 Å². The number of nitrogens with one attached hydrogen (secondary N) is 1. The maximum Gasteiger partial charge on any atom is 0.194 e. The van der Waals surface area contributed by atoms with Crippen molar-refractivity contribution in [3.05, 3.63) is 72.4 Å². The van der Waals surface area contributed by atoms with E-state index in [4.69, 9.17) is 26.4 Å². The molecule has 0 atom stereocenters. The van der Waals surface area contributed by atoms with Crippen LogP contribution in [-0.2, 0) is 4.79 Å². The van der Waals surface area contributed by atoms with Crippen molar-refractivity contribution in [1.82, 2.24) is 0 Å². The lowest BCUT2D eigenvalue weighted by Gasteiger charge is -2.08. The lowest BCUT2D eigenvalue weighted by molar-refractivity contribution is -0.116. The van der Waals surface area contributed by atoms with E-state index in [1.165, 1.54) is 18.4 Å². The minimum Gasteiger partial charge on any atom is -0.485 e. The molecule has 2 aromatic carbocycles. The fourth-order valence-electron chi connectivity index (χ4n) is 1.95. The smallest absolute Gasteiger partial charge is 0.194 e. The van der Waals surface area contributed by atoms with E-state index in [1.54, 1.807) is 36.4 Å². The normalized spacial score (nSPS) is 11.3. The van der Waals surface area contributed by atoms with Crippen LogP contribution in [0.5, 0.6) is 17.2 Å². The summed E-state index contributed by atoms with van der Waals surface area (Å²) in [6.07, 6.45) is 5.10. The Kier molecular flexibility index (Phi) is 6.36. The van der Waals surface area contributed by atoms with Crippen molar-refractivity contribution in [2.75, 3.05) is 6.61 Å². The second-order valence-corrected chi connectivity index (χ2v) is 5.00. The average molecular weight is 337 g/mol. The largest absolute Gasteiger partial charge is 0.485 e. The van der Waals surface area contributed by atoms with Gasteiger partial charge in [-0.15, -0.1) is 0 Å². The topological polar surface area (TPSA) is 111 Å². The lowest BCUT2D eigenvalue weighted by atomic mass is 10.1. The summed E-state index contributed by atoms with van der Waals surface area (Å²) in [7, 11) is 0. The van der Waals surface area contributed by atoms with Gasteiger partial charge in [0.15, 0.2) is 12.4 Å². The molecule has 0 radical (unpaired) electrons. The fraction of sp³-hybridized carbons (Fsp3) is 0.0526. The van der Waals surface area contributed by atoms with Crippen LogP contribution in [0.25, 0.3) is 5.70 Å². The van der Waals surface area contributed by atoms with Crippen LogP contribution < -0.4 is 20.9 Å². The Balaban J connectivity index is 1.95. The SMILES string of the molecule is N=C/C=C(\N)c1ccc(Oc2ccc(OCC(=O)C=CN)cc2)cc1. The number of hydrogen-bond donors (Lipinski definition) is 3. The average Bonchev–Trinajstić information content (AvgIpc) is 2.62. The number of carbonyl (C=O) groups is 1. The van der Waals surface area contributed by atoms with E-state index in [2.05, 4.69) is 0 Å².